The number of hydrogen-bond donors (Lipinski definition) is 1. The quantitative estimate of drug-likeness (QED) is 0.561. The zero-order chi connectivity index (χ0) is 24.2. The Hall–Kier alpha value is -3.40. The Labute approximate surface area is 198 Å². The van der Waals surface area contributed by atoms with Crippen LogP contribution in [0.25, 0.3) is 11.4 Å². The van der Waals surface area contributed by atoms with E-state index in [4.69, 9.17) is 4.74 Å². The number of carbonyl (C=O) groups is 1. The van der Waals surface area contributed by atoms with Crippen molar-refractivity contribution in [2.75, 3.05) is 32.1 Å². The first kappa shape index (κ1) is 23.7. The normalized spacial score (nSPS) is 14.4. The lowest BCUT2D eigenvalue weighted by atomic mass is 10.1. The smallest absolute Gasteiger partial charge is 0.272 e. The van der Waals surface area contributed by atoms with Crippen LogP contribution in [0.5, 0.6) is 0 Å². The first-order valence-electron chi connectivity index (χ1n) is 11.5. The van der Waals surface area contributed by atoms with Crippen LogP contribution in [0.2, 0.25) is 0 Å². The molecule has 0 spiro atoms. The number of nitrogens with one attached hydrogen (secondary N) is 1. The molecule has 4 heterocycles. The molecule has 1 aliphatic heterocycles. The molecule has 0 unspecified atom stereocenters. The second-order valence-corrected chi connectivity index (χ2v) is 8.93. The minimum absolute atomic E-state index is 0.141. The molecular formula is C24H30FN7O2. The zero-order valence-electron chi connectivity index (χ0n) is 20.0. The third-order valence-electron chi connectivity index (χ3n) is 5.75. The fraction of sp³-hybridized carbons (Fsp3) is 0.458. The van der Waals surface area contributed by atoms with E-state index in [0.29, 0.717) is 42.8 Å². The molecule has 0 aromatic carbocycles. The summed E-state index contributed by atoms with van der Waals surface area (Å²) in [5.74, 6) is 0.738. The number of carbonyl (C=O) groups excluding carboxylic acids is 1. The lowest BCUT2D eigenvalue weighted by Crippen LogP contribution is -2.30. The molecule has 0 atom stereocenters. The third-order valence-corrected chi connectivity index (χ3v) is 5.75. The number of anilines is 2. The summed E-state index contributed by atoms with van der Waals surface area (Å²) in [5.41, 5.74) is 1.74. The largest absolute Gasteiger partial charge is 0.381 e. The molecule has 1 aliphatic rings. The van der Waals surface area contributed by atoms with Crippen molar-refractivity contribution in [2.24, 2.45) is 5.92 Å². The van der Waals surface area contributed by atoms with Crippen molar-refractivity contribution in [3.05, 3.63) is 48.1 Å². The lowest BCUT2D eigenvalue weighted by molar-refractivity contribution is 0.0694. The monoisotopic (exact) mass is 467 g/mol. The van der Waals surface area contributed by atoms with Crippen LogP contribution in [-0.2, 0) is 4.74 Å². The maximum absolute atomic E-state index is 14.8. The summed E-state index contributed by atoms with van der Waals surface area (Å²) < 4.78 is 22.3. The van der Waals surface area contributed by atoms with Gasteiger partial charge in [-0.3, -0.25) is 4.79 Å². The molecule has 0 radical (unpaired) electrons. The molecule has 1 fully saturated rings. The van der Waals surface area contributed by atoms with Crippen LogP contribution < -0.4 is 5.32 Å². The SMILES string of the molecule is Cc1ncc(-c2nc(Nc3ccc(C(=O)N(C)CC(C)C)nc3)ncc2F)n1C1CCOCC1. The van der Waals surface area contributed by atoms with Crippen LogP contribution >= 0.6 is 0 Å². The van der Waals surface area contributed by atoms with Crippen LogP contribution in [0, 0.1) is 18.7 Å². The van der Waals surface area contributed by atoms with Crippen molar-refractivity contribution in [1.29, 1.82) is 0 Å². The number of pyridine rings is 1. The van der Waals surface area contributed by atoms with Crippen molar-refractivity contribution in [1.82, 2.24) is 29.4 Å². The molecule has 1 N–H and O–H groups in total. The molecule has 4 rings (SSSR count). The van der Waals surface area contributed by atoms with Gasteiger partial charge in [0, 0.05) is 32.8 Å². The molecule has 180 valence electrons. The first-order valence-corrected chi connectivity index (χ1v) is 11.5. The molecular weight excluding hydrogens is 437 g/mol. The van der Waals surface area contributed by atoms with E-state index in [0.717, 1.165) is 24.9 Å². The molecule has 10 heteroatoms. The highest BCUT2D eigenvalue weighted by atomic mass is 19.1. The highest BCUT2D eigenvalue weighted by Crippen LogP contribution is 2.31. The molecule has 0 bridgehead atoms. The number of aromatic nitrogens is 5. The van der Waals surface area contributed by atoms with Gasteiger partial charge in [-0.05, 0) is 37.8 Å². The molecule has 0 saturated carbocycles. The number of amides is 1. The van der Waals surface area contributed by atoms with Crippen LogP contribution in [0.4, 0.5) is 16.0 Å². The van der Waals surface area contributed by atoms with Crippen LogP contribution in [0.3, 0.4) is 0 Å². The van der Waals surface area contributed by atoms with E-state index >= 15 is 0 Å². The van der Waals surface area contributed by atoms with Crippen LogP contribution in [0.15, 0.2) is 30.7 Å². The van der Waals surface area contributed by atoms with E-state index in [1.807, 2.05) is 11.5 Å². The van der Waals surface area contributed by atoms with Crippen LogP contribution in [0.1, 0.15) is 49.0 Å². The second-order valence-electron chi connectivity index (χ2n) is 8.93. The summed E-state index contributed by atoms with van der Waals surface area (Å²) in [6.07, 6.45) is 6.01. The molecule has 9 nitrogen and oxygen atoms in total. The summed E-state index contributed by atoms with van der Waals surface area (Å²) in [4.78, 5) is 31.4. The summed E-state index contributed by atoms with van der Waals surface area (Å²) in [5, 5.41) is 3.05. The van der Waals surface area contributed by atoms with Crippen molar-refractivity contribution < 1.29 is 13.9 Å². The number of halogens is 1. The predicted molar refractivity (Wildman–Crippen MR) is 126 cm³/mol. The van der Waals surface area contributed by atoms with Gasteiger partial charge in [-0.2, -0.15) is 0 Å². The van der Waals surface area contributed by atoms with Crippen LogP contribution in [-0.4, -0.2) is 62.1 Å². The van der Waals surface area contributed by atoms with Gasteiger partial charge in [0.2, 0.25) is 5.95 Å². The maximum Gasteiger partial charge on any atom is 0.272 e. The average Bonchev–Trinajstić information content (AvgIpc) is 3.21. The molecule has 0 aliphatic carbocycles. The summed E-state index contributed by atoms with van der Waals surface area (Å²) in [7, 11) is 1.76. The zero-order valence-corrected chi connectivity index (χ0v) is 20.0. The number of ether oxygens (including phenoxy) is 1. The van der Waals surface area contributed by atoms with E-state index in [2.05, 4.69) is 39.1 Å². The third kappa shape index (κ3) is 5.22. The number of hydrogen-bond acceptors (Lipinski definition) is 7. The number of aryl methyl sites for hydroxylation is 1. The van der Waals surface area contributed by atoms with Gasteiger partial charge in [0.05, 0.1) is 30.0 Å². The first-order chi connectivity index (χ1) is 16.3. The Kier molecular flexibility index (Phi) is 7.16. The van der Waals surface area contributed by atoms with Gasteiger partial charge >= 0.3 is 0 Å². The molecule has 1 saturated heterocycles. The molecule has 3 aromatic rings. The van der Waals surface area contributed by atoms with Gasteiger partial charge in [0.25, 0.3) is 5.91 Å². The predicted octanol–water partition coefficient (Wildman–Crippen LogP) is 4.01. The van der Waals surface area contributed by atoms with E-state index in [1.165, 1.54) is 0 Å². The van der Waals surface area contributed by atoms with Gasteiger partial charge in [-0.1, -0.05) is 13.8 Å². The lowest BCUT2D eigenvalue weighted by Gasteiger charge is -2.26. The van der Waals surface area contributed by atoms with Gasteiger partial charge in [-0.15, -0.1) is 0 Å². The van der Waals surface area contributed by atoms with E-state index < -0.39 is 5.82 Å². The van der Waals surface area contributed by atoms with E-state index in [9.17, 15) is 9.18 Å². The fourth-order valence-electron chi connectivity index (χ4n) is 4.19. The Bertz CT molecular complexity index is 1140. The van der Waals surface area contributed by atoms with E-state index in [1.54, 1.807) is 36.5 Å². The number of rotatable bonds is 7. The van der Waals surface area contributed by atoms with Gasteiger partial charge in [-0.25, -0.2) is 24.3 Å². The minimum Gasteiger partial charge on any atom is -0.381 e. The Morgan fingerprint density at radius 1 is 1.21 bits per heavy atom. The highest BCUT2D eigenvalue weighted by molar-refractivity contribution is 5.92. The number of imidazole rings is 1. The second kappa shape index (κ2) is 10.3. The summed E-state index contributed by atoms with van der Waals surface area (Å²) >= 11 is 0. The maximum atomic E-state index is 14.8. The Morgan fingerprint density at radius 3 is 2.65 bits per heavy atom. The topological polar surface area (TPSA) is 98.1 Å². The van der Waals surface area contributed by atoms with Crippen molar-refractivity contribution in [3.8, 4) is 11.4 Å². The molecule has 1 amide bonds. The van der Waals surface area contributed by atoms with Gasteiger partial charge in [0.1, 0.15) is 17.2 Å². The summed E-state index contributed by atoms with van der Waals surface area (Å²) in [6, 6.07) is 3.56. The fourth-order valence-corrected chi connectivity index (χ4v) is 4.19. The molecule has 3 aromatic heterocycles. The van der Waals surface area contributed by atoms with Crippen molar-refractivity contribution in [3.63, 3.8) is 0 Å². The van der Waals surface area contributed by atoms with Crippen molar-refractivity contribution in [2.45, 2.75) is 39.7 Å². The molecule has 34 heavy (non-hydrogen) atoms. The Morgan fingerprint density at radius 2 is 1.97 bits per heavy atom. The van der Waals surface area contributed by atoms with Gasteiger partial charge < -0.3 is 19.5 Å². The van der Waals surface area contributed by atoms with E-state index in [-0.39, 0.29) is 23.6 Å². The van der Waals surface area contributed by atoms with Crippen molar-refractivity contribution >= 4 is 17.5 Å². The van der Waals surface area contributed by atoms with Gasteiger partial charge in [0.15, 0.2) is 5.82 Å². The average molecular weight is 468 g/mol. The standard InChI is InChI=1S/C24H30FN7O2/c1-15(2)14-31(4)23(33)20-6-5-17(11-27-20)29-24-28-12-19(25)22(30-24)21-13-26-16(3)32(21)18-7-9-34-10-8-18/h5-6,11-13,15,18H,7-10,14H2,1-4H3,(H,28,29,30). The highest BCUT2D eigenvalue weighted by Gasteiger charge is 2.23. The minimum atomic E-state index is -0.522. The number of nitrogens with zero attached hydrogens (tertiary/aromatic N) is 6. The summed E-state index contributed by atoms with van der Waals surface area (Å²) in [6.45, 7) is 8.00. The Balaban J connectivity index is 1.54.